The standard InChI is InChI=1S/C18H20O3/c1-12-6-4-9-16(10-12)21-17(18(19)20)11-15-8-5-7-13(2)14(15)3/h4-10,17H,11H2,1-3H3,(H,19,20)/t17-/m0/s1. The quantitative estimate of drug-likeness (QED) is 0.911. The number of ether oxygens (including phenoxy) is 1. The Bertz CT molecular complexity index is 647. The summed E-state index contributed by atoms with van der Waals surface area (Å²) in [5.41, 5.74) is 4.34. The van der Waals surface area contributed by atoms with Crippen molar-refractivity contribution in [1.29, 1.82) is 0 Å². The van der Waals surface area contributed by atoms with Crippen molar-refractivity contribution in [2.75, 3.05) is 0 Å². The van der Waals surface area contributed by atoms with Crippen LogP contribution in [-0.4, -0.2) is 17.2 Å². The van der Waals surface area contributed by atoms with E-state index in [9.17, 15) is 9.90 Å². The van der Waals surface area contributed by atoms with Gasteiger partial charge in [0.2, 0.25) is 0 Å². The van der Waals surface area contributed by atoms with Crippen LogP contribution < -0.4 is 4.74 Å². The number of aliphatic carboxylic acids is 1. The largest absolute Gasteiger partial charge is 0.478 e. The van der Waals surface area contributed by atoms with Gasteiger partial charge in [-0.25, -0.2) is 4.79 Å². The summed E-state index contributed by atoms with van der Waals surface area (Å²) in [6.45, 7) is 5.99. The molecule has 0 bridgehead atoms. The van der Waals surface area contributed by atoms with Gasteiger partial charge in [0.25, 0.3) is 0 Å². The van der Waals surface area contributed by atoms with Crippen LogP contribution in [0.2, 0.25) is 0 Å². The predicted octanol–water partition coefficient (Wildman–Crippen LogP) is 3.69. The second kappa shape index (κ2) is 6.44. The second-order valence-electron chi connectivity index (χ2n) is 5.32. The van der Waals surface area contributed by atoms with Gasteiger partial charge in [0.05, 0.1) is 0 Å². The van der Waals surface area contributed by atoms with Crippen molar-refractivity contribution in [3.05, 3.63) is 64.7 Å². The van der Waals surface area contributed by atoms with Crippen molar-refractivity contribution >= 4 is 5.97 Å². The number of carboxylic acid groups (broad SMARTS) is 1. The molecule has 0 spiro atoms. The topological polar surface area (TPSA) is 46.5 Å². The fourth-order valence-corrected chi connectivity index (χ4v) is 2.27. The fraction of sp³-hybridized carbons (Fsp3) is 0.278. The van der Waals surface area contributed by atoms with Crippen LogP contribution >= 0.6 is 0 Å². The number of hydrogen-bond donors (Lipinski definition) is 1. The van der Waals surface area contributed by atoms with E-state index in [4.69, 9.17) is 4.74 Å². The Morgan fingerprint density at radius 3 is 2.52 bits per heavy atom. The average Bonchev–Trinajstić information content (AvgIpc) is 2.43. The first-order chi connectivity index (χ1) is 9.97. The summed E-state index contributed by atoms with van der Waals surface area (Å²) in [7, 11) is 0. The molecule has 2 aromatic carbocycles. The average molecular weight is 284 g/mol. The summed E-state index contributed by atoms with van der Waals surface area (Å²) in [6.07, 6.45) is -0.524. The summed E-state index contributed by atoms with van der Waals surface area (Å²) in [6, 6.07) is 13.4. The zero-order valence-electron chi connectivity index (χ0n) is 12.6. The Hall–Kier alpha value is -2.29. The maximum atomic E-state index is 11.5. The number of carboxylic acids is 1. The minimum Gasteiger partial charge on any atom is -0.478 e. The Morgan fingerprint density at radius 1 is 1.14 bits per heavy atom. The fourth-order valence-electron chi connectivity index (χ4n) is 2.27. The Kier molecular flexibility index (Phi) is 4.63. The van der Waals surface area contributed by atoms with Crippen LogP contribution in [0, 0.1) is 20.8 Å². The molecule has 0 aliphatic rings. The first-order valence-electron chi connectivity index (χ1n) is 6.98. The molecule has 21 heavy (non-hydrogen) atoms. The van der Waals surface area contributed by atoms with Gasteiger partial charge in [0, 0.05) is 6.42 Å². The summed E-state index contributed by atoms with van der Waals surface area (Å²) in [5.74, 6) is -0.356. The van der Waals surface area contributed by atoms with Gasteiger partial charge in [-0.2, -0.15) is 0 Å². The maximum Gasteiger partial charge on any atom is 0.345 e. The van der Waals surface area contributed by atoms with E-state index in [1.807, 2.05) is 57.2 Å². The minimum absolute atomic E-state index is 0.358. The van der Waals surface area contributed by atoms with Gasteiger partial charge in [-0.3, -0.25) is 0 Å². The minimum atomic E-state index is -0.947. The van der Waals surface area contributed by atoms with Gasteiger partial charge >= 0.3 is 5.97 Å². The van der Waals surface area contributed by atoms with E-state index in [-0.39, 0.29) is 0 Å². The van der Waals surface area contributed by atoms with E-state index < -0.39 is 12.1 Å². The molecule has 110 valence electrons. The molecule has 2 aromatic rings. The molecule has 0 saturated carbocycles. The third-order valence-corrected chi connectivity index (χ3v) is 3.67. The SMILES string of the molecule is Cc1cccc(O[C@@H](Cc2cccc(C)c2C)C(=O)O)c1. The highest BCUT2D eigenvalue weighted by molar-refractivity contribution is 5.73. The lowest BCUT2D eigenvalue weighted by Crippen LogP contribution is -2.29. The molecule has 3 nitrogen and oxygen atoms in total. The summed E-state index contributed by atoms with van der Waals surface area (Å²) in [4.78, 5) is 11.5. The van der Waals surface area contributed by atoms with E-state index >= 15 is 0 Å². The lowest BCUT2D eigenvalue weighted by Gasteiger charge is -2.17. The highest BCUT2D eigenvalue weighted by Crippen LogP contribution is 2.19. The summed E-state index contributed by atoms with van der Waals surface area (Å²) >= 11 is 0. The summed E-state index contributed by atoms with van der Waals surface area (Å²) in [5, 5.41) is 9.40. The molecule has 0 saturated heterocycles. The molecule has 0 aliphatic carbocycles. The van der Waals surface area contributed by atoms with Gasteiger partial charge in [-0.1, -0.05) is 30.3 Å². The molecule has 0 amide bonds. The van der Waals surface area contributed by atoms with Crippen LogP contribution in [0.15, 0.2) is 42.5 Å². The van der Waals surface area contributed by atoms with Crippen LogP contribution in [0.4, 0.5) is 0 Å². The lowest BCUT2D eigenvalue weighted by molar-refractivity contribution is -0.145. The highest BCUT2D eigenvalue weighted by Gasteiger charge is 2.21. The summed E-state index contributed by atoms with van der Waals surface area (Å²) < 4.78 is 5.66. The van der Waals surface area contributed by atoms with E-state index in [1.54, 1.807) is 6.07 Å². The molecular formula is C18H20O3. The van der Waals surface area contributed by atoms with Gasteiger partial charge in [0.15, 0.2) is 6.10 Å². The molecule has 2 rings (SSSR count). The Labute approximate surface area is 125 Å². The van der Waals surface area contributed by atoms with Crippen LogP contribution in [-0.2, 0) is 11.2 Å². The van der Waals surface area contributed by atoms with E-state index in [2.05, 4.69) is 0 Å². The molecule has 0 fully saturated rings. The van der Waals surface area contributed by atoms with Gasteiger partial charge in [-0.05, 0) is 55.2 Å². The molecule has 0 heterocycles. The normalized spacial score (nSPS) is 12.0. The first-order valence-corrected chi connectivity index (χ1v) is 6.98. The molecule has 0 aliphatic heterocycles. The van der Waals surface area contributed by atoms with Gasteiger partial charge in [0.1, 0.15) is 5.75 Å². The van der Waals surface area contributed by atoms with Gasteiger partial charge < -0.3 is 9.84 Å². The van der Waals surface area contributed by atoms with Crippen molar-refractivity contribution < 1.29 is 14.6 Å². The van der Waals surface area contributed by atoms with Crippen LogP contribution in [0.3, 0.4) is 0 Å². The molecule has 0 unspecified atom stereocenters. The Balaban J connectivity index is 2.20. The van der Waals surface area contributed by atoms with E-state index in [0.29, 0.717) is 12.2 Å². The highest BCUT2D eigenvalue weighted by atomic mass is 16.5. The third kappa shape index (κ3) is 3.85. The van der Waals surface area contributed by atoms with Crippen molar-refractivity contribution in [2.45, 2.75) is 33.3 Å². The molecule has 3 heteroatoms. The van der Waals surface area contributed by atoms with Crippen LogP contribution in [0.5, 0.6) is 5.75 Å². The van der Waals surface area contributed by atoms with Crippen molar-refractivity contribution in [2.24, 2.45) is 0 Å². The number of carbonyl (C=O) groups is 1. The zero-order valence-corrected chi connectivity index (χ0v) is 12.6. The number of aryl methyl sites for hydroxylation is 2. The molecule has 0 aromatic heterocycles. The van der Waals surface area contributed by atoms with Crippen LogP contribution in [0.25, 0.3) is 0 Å². The van der Waals surface area contributed by atoms with Crippen molar-refractivity contribution in [3.8, 4) is 5.75 Å². The predicted molar refractivity (Wildman–Crippen MR) is 82.9 cm³/mol. The second-order valence-corrected chi connectivity index (χ2v) is 5.32. The number of hydrogen-bond acceptors (Lipinski definition) is 2. The van der Waals surface area contributed by atoms with Gasteiger partial charge in [-0.15, -0.1) is 0 Å². The number of benzene rings is 2. The first kappa shape index (κ1) is 15.1. The lowest BCUT2D eigenvalue weighted by atomic mass is 9.98. The van der Waals surface area contributed by atoms with E-state index in [0.717, 1.165) is 22.3 Å². The third-order valence-electron chi connectivity index (χ3n) is 3.67. The van der Waals surface area contributed by atoms with Crippen molar-refractivity contribution in [3.63, 3.8) is 0 Å². The zero-order chi connectivity index (χ0) is 15.4. The molecule has 0 radical (unpaired) electrons. The molecule has 1 N–H and O–H groups in total. The smallest absolute Gasteiger partial charge is 0.345 e. The Morgan fingerprint density at radius 2 is 1.86 bits per heavy atom. The monoisotopic (exact) mass is 284 g/mol. The van der Waals surface area contributed by atoms with Crippen LogP contribution in [0.1, 0.15) is 22.3 Å². The number of rotatable bonds is 5. The molecule has 1 atom stereocenters. The maximum absolute atomic E-state index is 11.5. The van der Waals surface area contributed by atoms with Crippen molar-refractivity contribution in [1.82, 2.24) is 0 Å². The van der Waals surface area contributed by atoms with E-state index in [1.165, 1.54) is 0 Å². The molecular weight excluding hydrogens is 264 g/mol.